The van der Waals surface area contributed by atoms with Gasteiger partial charge in [0.25, 0.3) is 0 Å². The number of fused-ring (bicyclic) bond motifs is 1. The summed E-state index contributed by atoms with van der Waals surface area (Å²) in [6.07, 6.45) is 8.94. The molecule has 1 unspecified atom stereocenters. The van der Waals surface area contributed by atoms with E-state index in [0.717, 1.165) is 19.5 Å². The summed E-state index contributed by atoms with van der Waals surface area (Å²) in [6, 6.07) is 0. The Morgan fingerprint density at radius 1 is 1.12 bits per heavy atom. The Bertz CT molecular complexity index is 379. The zero-order chi connectivity index (χ0) is 11.7. The molecule has 1 aromatic heterocycles. The molecule has 0 saturated heterocycles. The molecule has 4 nitrogen and oxygen atoms in total. The maximum atomic E-state index is 5.75. The summed E-state index contributed by atoms with van der Waals surface area (Å²) in [5.41, 5.74) is 5.75. The average Bonchev–Trinajstić information content (AvgIpc) is 2.82. The topological polar surface area (TPSA) is 56.7 Å². The van der Waals surface area contributed by atoms with Crippen molar-refractivity contribution in [1.82, 2.24) is 14.8 Å². The Labute approximate surface area is 103 Å². The molecule has 1 aliphatic heterocycles. The fourth-order valence-corrected chi connectivity index (χ4v) is 3.28. The number of hydrogen-bond acceptors (Lipinski definition) is 3. The molecule has 2 aliphatic rings. The van der Waals surface area contributed by atoms with E-state index in [1.165, 1.54) is 50.2 Å². The van der Waals surface area contributed by atoms with Gasteiger partial charge in [0.15, 0.2) is 0 Å². The van der Waals surface area contributed by atoms with Crippen molar-refractivity contribution in [2.75, 3.05) is 6.54 Å². The second kappa shape index (κ2) is 4.77. The molecule has 94 valence electrons. The predicted molar refractivity (Wildman–Crippen MR) is 66.7 cm³/mol. The third-order valence-corrected chi connectivity index (χ3v) is 4.39. The van der Waals surface area contributed by atoms with E-state index in [1.54, 1.807) is 0 Å². The predicted octanol–water partition coefficient (Wildman–Crippen LogP) is 1.85. The fourth-order valence-electron chi connectivity index (χ4n) is 3.28. The van der Waals surface area contributed by atoms with Gasteiger partial charge in [-0.2, -0.15) is 0 Å². The van der Waals surface area contributed by atoms with Crippen LogP contribution >= 0.6 is 0 Å². The minimum Gasteiger partial charge on any atom is -0.330 e. The third kappa shape index (κ3) is 2.10. The monoisotopic (exact) mass is 234 g/mol. The van der Waals surface area contributed by atoms with Gasteiger partial charge in [-0.05, 0) is 31.7 Å². The van der Waals surface area contributed by atoms with Gasteiger partial charge in [-0.15, -0.1) is 10.2 Å². The van der Waals surface area contributed by atoms with Gasteiger partial charge in [-0.25, -0.2) is 0 Å². The molecule has 0 bridgehead atoms. The van der Waals surface area contributed by atoms with E-state index >= 15 is 0 Å². The van der Waals surface area contributed by atoms with E-state index in [2.05, 4.69) is 14.8 Å². The Balaban J connectivity index is 1.80. The third-order valence-electron chi connectivity index (χ3n) is 4.39. The lowest BCUT2D eigenvalue weighted by atomic mass is 9.88. The summed E-state index contributed by atoms with van der Waals surface area (Å²) in [4.78, 5) is 0. The molecule has 1 saturated carbocycles. The van der Waals surface area contributed by atoms with Crippen molar-refractivity contribution in [2.24, 2.45) is 11.7 Å². The summed E-state index contributed by atoms with van der Waals surface area (Å²) < 4.78 is 2.38. The van der Waals surface area contributed by atoms with Gasteiger partial charge in [-0.1, -0.05) is 19.3 Å². The lowest BCUT2D eigenvalue weighted by molar-refractivity contribution is 0.362. The standard InChI is InChI=1S/C13H22N4/c14-9-10-6-7-17-12(8-10)15-16-13(17)11-4-2-1-3-5-11/h10-11H,1-9,14H2. The highest BCUT2D eigenvalue weighted by Gasteiger charge is 2.26. The number of nitrogens with two attached hydrogens (primary N) is 1. The van der Waals surface area contributed by atoms with Crippen LogP contribution in [-0.4, -0.2) is 21.3 Å². The van der Waals surface area contributed by atoms with Crippen LogP contribution in [0.25, 0.3) is 0 Å². The van der Waals surface area contributed by atoms with Crippen LogP contribution in [0.5, 0.6) is 0 Å². The van der Waals surface area contributed by atoms with E-state index in [9.17, 15) is 0 Å². The molecule has 1 fully saturated rings. The van der Waals surface area contributed by atoms with Crippen LogP contribution in [0.15, 0.2) is 0 Å². The molecular weight excluding hydrogens is 212 g/mol. The minimum absolute atomic E-state index is 0.617. The van der Waals surface area contributed by atoms with Gasteiger partial charge >= 0.3 is 0 Å². The van der Waals surface area contributed by atoms with Crippen LogP contribution in [0.3, 0.4) is 0 Å². The van der Waals surface area contributed by atoms with Crippen molar-refractivity contribution in [3.8, 4) is 0 Å². The minimum atomic E-state index is 0.617. The first-order valence-corrected chi connectivity index (χ1v) is 7.00. The van der Waals surface area contributed by atoms with Crippen LogP contribution in [-0.2, 0) is 13.0 Å². The van der Waals surface area contributed by atoms with Crippen molar-refractivity contribution in [1.29, 1.82) is 0 Å². The van der Waals surface area contributed by atoms with E-state index < -0.39 is 0 Å². The van der Waals surface area contributed by atoms with Gasteiger partial charge in [-0.3, -0.25) is 0 Å². The van der Waals surface area contributed by atoms with E-state index in [-0.39, 0.29) is 0 Å². The number of nitrogens with zero attached hydrogens (tertiary/aromatic N) is 3. The largest absolute Gasteiger partial charge is 0.330 e. The Morgan fingerprint density at radius 3 is 2.71 bits per heavy atom. The first-order valence-electron chi connectivity index (χ1n) is 7.00. The molecule has 4 heteroatoms. The molecular formula is C13H22N4. The molecule has 0 aromatic carbocycles. The number of hydrogen-bond donors (Lipinski definition) is 1. The molecule has 2 N–H and O–H groups in total. The summed E-state index contributed by atoms with van der Waals surface area (Å²) in [5.74, 6) is 3.72. The quantitative estimate of drug-likeness (QED) is 0.849. The lowest BCUT2D eigenvalue weighted by Gasteiger charge is -2.26. The highest BCUT2D eigenvalue weighted by molar-refractivity contribution is 5.06. The van der Waals surface area contributed by atoms with E-state index in [0.29, 0.717) is 11.8 Å². The first kappa shape index (κ1) is 11.2. The maximum Gasteiger partial charge on any atom is 0.136 e. The van der Waals surface area contributed by atoms with E-state index in [1.807, 2.05) is 0 Å². The zero-order valence-corrected chi connectivity index (χ0v) is 10.4. The van der Waals surface area contributed by atoms with Crippen LogP contribution in [0, 0.1) is 5.92 Å². The number of rotatable bonds is 2. The van der Waals surface area contributed by atoms with Gasteiger partial charge in [0.05, 0.1) is 0 Å². The van der Waals surface area contributed by atoms with E-state index in [4.69, 9.17) is 5.73 Å². The zero-order valence-electron chi connectivity index (χ0n) is 10.4. The summed E-state index contributed by atoms with van der Waals surface area (Å²) in [5, 5.41) is 8.85. The molecule has 0 spiro atoms. The Morgan fingerprint density at radius 2 is 1.94 bits per heavy atom. The Kier molecular flexibility index (Phi) is 3.14. The van der Waals surface area contributed by atoms with Crippen molar-refractivity contribution < 1.29 is 0 Å². The van der Waals surface area contributed by atoms with Crippen molar-refractivity contribution in [2.45, 2.75) is 57.4 Å². The molecule has 1 aromatic rings. The number of aromatic nitrogens is 3. The Hall–Kier alpha value is -0.900. The molecule has 0 amide bonds. The normalized spacial score (nSPS) is 25.8. The van der Waals surface area contributed by atoms with Crippen LogP contribution in [0.4, 0.5) is 0 Å². The van der Waals surface area contributed by atoms with Crippen molar-refractivity contribution in [3.05, 3.63) is 11.6 Å². The highest BCUT2D eigenvalue weighted by atomic mass is 15.3. The van der Waals surface area contributed by atoms with Crippen LogP contribution in [0.2, 0.25) is 0 Å². The fraction of sp³-hybridized carbons (Fsp3) is 0.846. The lowest BCUT2D eigenvalue weighted by Crippen LogP contribution is -2.27. The molecule has 2 heterocycles. The van der Waals surface area contributed by atoms with Crippen LogP contribution in [0.1, 0.15) is 56.1 Å². The molecule has 3 rings (SSSR count). The molecule has 1 aliphatic carbocycles. The van der Waals surface area contributed by atoms with Crippen molar-refractivity contribution >= 4 is 0 Å². The van der Waals surface area contributed by atoms with Gasteiger partial charge < -0.3 is 10.3 Å². The summed E-state index contributed by atoms with van der Waals surface area (Å²) in [6.45, 7) is 1.86. The van der Waals surface area contributed by atoms with Gasteiger partial charge in [0.2, 0.25) is 0 Å². The maximum absolute atomic E-state index is 5.75. The SMILES string of the molecule is NCC1CCn2c(nnc2C2CCCCC2)C1. The average molecular weight is 234 g/mol. The second-order valence-electron chi connectivity index (χ2n) is 5.56. The van der Waals surface area contributed by atoms with Gasteiger partial charge in [0.1, 0.15) is 11.6 Å². The molecule has 0 radical (unpaired) electrons. The van der Waals surface area contributed by atoms with Crippen LogP contribution < -0.4 is 5.73 Å². The molecule has 17 heavy (non-hydrogen) atoms. The first-order chi connectivity index (χ1) is 8.38. The second-order valence-corrected chi connectivity index (χ2v) is 5.56. The summed E-state index contributed by atoms with van der Waals surface area (Å²) in [7, 11) is 0. The molecule has 1 atom stereocenters. The highest BCUT2D eigenvalue weighted by Crippen LogP contribution is 2.33. The van der Waals surface area contributed by atoms with Gasteiger partial charge in [0, 0.05) is 18.9 Å². The smallest absolute Gasteiger partial charge is 0.136 e. The summed E-state index contributed by atoms with van der Waals surface area (Å²) >= 11 is 0. The van der Waals surface area contributed by atoms with Crippen molar-refractivity contribution in [3.63, 3.8) is 0 Å².